The van der Waals surface area contributed by atoms with Crippen molar-refractivity contribution in [2.45, 2.75) is 39.8 Å². The summed E-state index contributed by atoms with van der Waals surface area (Å²) >= 11 is 1.79. The molecule has 0 amide bonds. The number of likely N-dealkylation sites (tertiary alicyclic amines) is 1. The third-order valence-electron chi connectivity index (χ3n) is 4.80. The minimum absolute atomic E-state index is 0. The number of aromatic nitrogens is 2. The lowest BCUT2D eigenvalue weighted by Crippen LogP contribution is -2.49. The Balaban J connectivity index is 0.00000225. The first-order chi connectivity index (χ1) is 11.7. The molecule has 3 rings (SSSR count). The molecule has 1 fully saturated rings. The Morgan fingerprint density at radius 2 is 2.32 bits per heavy atom. The van der Waals surface area contributed by atoms with E-state index in [4.69, 9.17) is 4.99 Å². The molecule has 0 aromatic carbocycles. The van der Waals surface area contributed by atoms with Crippen LogP contribution >= 0.6 is 35.3 Å². The van der Waals surface area contributed by atoms with E-state index in [9.17, 15) is 0 Å². The number of rotatable bonds is 4. The standard InChI is InChI=1S/C18H27N5S.HI/c1-4-20-18(21-11-17-15(3)6-10-24-17)22-8-5-14(2)16(12-22)23-9-7-19-13-23;/h6-7,9-10,13-14,16H,4-5,8,11-12H2,1-3H3,(H,20,21);1H. The smallest absolute Gasteiger partial charge is 0.194 e. The molecular formula is C18H28IN5S. The predicted molar refractivity (Wildman–Crippen MR) is 116 cm³/mol. The number of imidazole rings is 1. The number of aliphatic imine (C=N–C) groups is 1. The lowest BCUT2D eigenvalue weighted by atomic mass is 9.93. The van der Waals surface area contributed by atoms with Crippen molar-refractivity contribution >= 4 is 41.3 Å². The summed E-state index contributed by atoms with van der Waals surface area (Å²) in [4.78, 5) is 12.9. The molecule has 0 bridgehead atoms. The molecule has 5 nitrogen and oxygen atoms in total. The van der Waals surface area contributed by atoms with E-state index in [2.05, 4.69) is 58.2 Å². The average molecular weight is 473 g/mol. The van der Waals surface area contributed by atoms with Crippen LogP contribution in [-0.4, -0.2) is 40.0 Å². The largest absolute Gasteiger partial charge is 0.357 e. The average Bonchev–Trinajstić information content (AvgIpc) is 3.24. The van der Waals surface area contributed by atoms with Crippen molar-refractivity contribution in [2.24, 2.45) is 10.9 Å². The number of hydrogen-bond acceptors (Lipinski definition) is 3. The van der Waals surface area contributed by atoms with Gasteiger partial charge in [-0.15, -0.1) is 35.3 Å². The first-order valence-corrected chi connectivity index (χ1v) is 9.60. The molecule has 0 aliphatic carbocycles. The molecule has 1 saturated heterocycles. The molecular weight excluding hydrogens is 445 g/mol. The zero-order valence-electron chi connectivity index (χ0n) is 15.2. The summed E-state index contributed by atoms with van der Waals surface area (Å²) < 4.78 is 2.24. The second-order valence-electron chi connectivity index (χ2n) is 6.49. The number of thiophene rings is 1. The lowest BCUT2D eigenvalue weighted by Gasteiger charge is -2.39. The quantitative estimate of drug-likeness (QED) is 0.416. The van der Waals surface area contributed by atoms with Gasteiger partial charge in [-0.25, -0.2) is 9.98 Å². The van der Waals surface area contributed by atoms with Crippen molar-refractivity contribution < 1.29 is 0 Å². The fraction of sp³-hybridized carbons (Fsp3) is 0.556. The molecule has 0 saturated carbocycles. The van der Waals surface area contributed by atoms with Crippen LogP contribution < -0.4 is 5.32 Å². The van der Waals surface area contributed by atoms with E-state index in [1.54, 1.807) is 11.3 Å². The van der Waals surface area contributed by atoms with Crippen molar-refractivity contribution in [2.75, 3.05) is 19.6 Å². The van der Waals surface area contributed by atoms with E-state index in [1.807, 2.05) is 12.5 Å². The third-order valence-corrected chi connectivity index (χ3v) is 5.81. The van der Waals surface area contributed by atoms with Crippen LogP contribution in [0.25, 0.3) is 0 Å². The van der Waals surface area contributed by atoms with E-state index in [0.717, 1.165) is 32.1 Å². The number of piperidine rings is 1. The van der Waals surface area contributed by atoms with Gasteiger partial charge < -0.3 is 14.8 Å². The van der Waals surface area contributed by atoms with Crippen molar-refractivity contribution in [3.63, 3.8) is 0 Å². The van der Waals surface area contributed by atoms with E-state index < -0.39 is 0 Å². The zero-order chi connectivity index (χ0) is 16.9. The normalized spacial score (nSPS) is 21.1. The molecule has 2 unspecified atom stereocenters. The van der Waals surface area contributed by atoms with Gasteiger partial charge in [0.2, 0.25) is 0 Å². The van der Waals surface area contributed by atoms with Gasteiger partial charge in [0.1, 0.15) is 0 Å². The van der Waals surface area contributed by atoms with Gasteiger partial charge in [-0.3, -0.25) is 0 Å². The van der Waals surface area contributed by atoms with Crippen LogP contribution in [0.2, 0.25) is 0 Å². The van der Waals surface area contributed by atoms with Gasteiger partial charge in [-0.05, 0) is 43.2 Å². The first kappa shape index (κ1) is 20.2. The van der Waals surface area contributed by atoms with Crippen molar-refractivity contribution in [3.8, 4) is 0 Å². The molecule has 3 heterocycles. The number of halogens is 1. The topological polar surface area (TPSA) is 45.5 Å². The molecule has 0 spiro atoms. The number of nitrogens with one attached hydrogen (secondary N) is 1. The Morgan fingerprint density at radius 3 is 2.96 bits per heavy atom. The van der Waals surface area contributed by atoms with E-state index in [0.29, 0.717) is 12.0 Å². The summed E-state index contributed by atoms with van der Waals surface area (Å²) in [7, 11) is 0. The predicted octanol–water partition coefficient (Wildman–Crippen LogP) is 3.92. The maximum atomic E-state index is 4.90. The fourth-order valence-electron chi connectivity index (χ4n) is 3.23. The van der Waals surface area contributed by atoms with Crippen LogP contribution in [0.1, 0.15) is 36.8 Å². The minimum Gasteiger partial charge on any atom is -0.357 e. The van der Waals surface area contributed by atoms with E-state index >= 15 is 0 Å². The highest BCUT2D eigenvalue weighted by Crippen LogP contribution is 2.27. The summed E-state index contributed by atoms with van der Waals surface area (Å²) in [5.74, 6) is 1.68. The highest BCUT2D eigenvalue weighted by Gasteiger charge is 2.28. The van der Waals surface area contributed by atoms with Gasteiger partial charge >= 0.3 is 0 Å². The van der Waals surface area contributed by atoms with Crippen LogP contribution in [-0.2, 0) is 6.54 Å². The molecule has 138 valence electrons. The molecule has 2 aromatic rings. The van der Waals surface area contributed by atoms with Crippen LogP contribution in [0.3, 0.4) is 0 Å². The Bertz CT molecular complexity index is 667. The summed E-state index contributed by atoms with van der Waals surface area (Å²) in [6.45, 7) is 10.3. The first-order valence-electron chi connectivity index (χ1n) is 8.72. The van der Waals surface area contributed by atoms with Crippen LogP contribution in [0.4, 0.5) is 0 Å². The summed E-state index contributed by atoms with van der Waals surface area (Å²) in [6.07, 6.45) is 7.04. The van der Waals surface area contributed by atoms with Gasteiger partial charge in [0.15, 0.2) is 5.96 Å². The second kappa shape index (κ2) is 9.56. The molecule has 7 heteroatoms. The van der Waals surface area contributed by atoms with Gasteiger partial charge in [0.05, 0.1) is 18.9 Å². The van der Waals surface area contributed by atoms with Crippen LogP contribution in [0.5, 0.6) is 0 Å². The van der Waals surface area contributed by atoms with Gasteiger partial charge in [-0.1, -0.05) is 6.92 Å². The summed E-state index contributed by atoms with van der Waals surface area (Å²) in [6, 6.07) is 2.62. The summed E-state index contributed by atoms with van der Waals surface area (Å²) in [5.41, 5.74) is 1.34. The van der Waals surface area contributed by atoms with E-state index in [-0.39, 0.29) is 24.0 Å². The molecule has 25 heavy (non-hydrogen) atoms. The molecule has 2 atom stereocenters. The number of hydrogen-bond donors (Lipinski definition) is 1. The monoisotopic (exact) mass is 473 g/mol. The maximum absolute atomic E-state index is 4.90. The number of aryl methyl sites for hydroxylation is 1. The zero-order valence-corrected chi connectivity index (χ0v) is 18.3. The van der Waals surface area contributed by atoms with Gasteiger partial charge in [-0.2, -0.15) is 0 Å². The van der Waals surface area contributed by atoms with Crippen molar-refractivity contribution in [3.05, 3.63) is 40.6 Å². The second-order valence-corrected chi connectivity index (χ2v) is 7.49. The molecule has 0 radical (unpaired) electrons. The highest BCUT2D eigenvalue weighted by molar-refractivity contribution is 14.0. The van der Waals surface area contributed by atoms with Crippen molar-refractivity contribution in [1.29, 1.82) is 0 Å². The van der Waals surface area contributed by atoms with Gasteiger partial charge in [0.25, 0.3) is 0 Å². The number of nitrogens with zero attached hydrogens (tertiary/aromatic N) is 4. The Kier molecular flexibility index (Phi) is 7.74. The maximum Gasteiger partial charge on any atom is 0.194 e. The Labute approximate surface area is 171 Å². The minimum atomic E-state index is 0. The number of guanidine groups is 1. The SMILES string of the molecule is CCNC(=NCc1sccc1C)N1CCC(C)C(n2ccnc2)C1.I. The molecule has 1 aliphatic heterocycles. The molecule has 1 N–H and O–H groups in total. The highest BCUT2D eigenvalue weighted by atomic mass is 127. The lowest BCUT2D eigenvalue weighted by molar-refractivity contribution is 0.189. The summed E-state index contributed by atoms with van der Waals surface area (Å²) in [5, 5.41) is 5.61. The fourth-order valence-corrected chi connectivity index (χ4v) is 4.06. The molecule has 2 aromatic heterocycles. The Hall–Kier alpha value is -1.09. The van der Waals surface area contributed by atoms with Crippen LogP contribution in [0.15, 0.2) is 35.2 Å². The molecule has 1 aliphatic rings. The third kappa shape index (κ3) is 4.97. The van der Waals surface area contributed by atoms with Crippen LogP contribution in [0, 0.1) is 12.8 Å². The van der Waals surface area contributed by atoms with Crippen molar-refractivity contribution in [1.82, 2.24) is 19.8 Å². The van der Waals surface area contributed by atoms with E-state index in [1.165, 1.54) is 16.9 Å². The van der Waals surface area contributed by atoms with Gasteiger partial charge in [0, 0.05) is 36.9 Å². The Morgan fingerprint density at radius 1 is 1.48 bits per heavy atom.